The molecule has 3 aromatic rings. The molecule has 1 aliphatic rings. The van der Waals surface area contributed by atoms with Gasteiger partial charge in [-0.3, -0.25) is 9.59 Å². The number of carbonyl (C=O) groups is 2. The van der Waals surface area contributed by atoms with Gasteiger partial charge in [0.15, 0.2) is 5.13 Å². The Kier molecular flexibility index (Phi) is 6.15. The second-order valence-corrected chi connectivity index (χ2v) is 9.20. The van der Waals surface area contributed by atoms with Gasteiger partial charge in [-0.2, -0.15) is 0 Å². The zero-order chi connectivity index (χ0) is 21.1. The van der Waals surface area contributed by atoms with Crippen LogP contribution in [0.25, 0.3) is 10.4 Å². The van der Waals surface area contributed by atoms with Crippen molar-refractivity contribution in [2.75, 3.05) is 17.7 Å². The zero-order valence-electron chi connectivity index (χ0n) is 16.9. The van der Waals surface area contributed by atoms with Crippen molar-refractivity contribution in [2.24, 2.45) is 5.92 Å². The van der Waals surface area contributed by atoms with E-state index < -0.39 is 0 Å². The number of nitrogens with zero attached hydrogens (tertiary/aromatic N) is 1. The first-order chi connectivity index (χ1) is 14.5. The number of hydrogen-bond acceptors (Lipinski definition) is 6. The lowest BCUT2D eigenvalue weighted by Crippen LogP contribution is -2.20. The van der Waals surface area contributed by atoms with Crippen LogP contribution in [0.5, 0.6) is 5.75 Å². The molecule has 30 heavy (non-hydrogen) atoms. The summed E-state index contributed by atoms with van der Waals surface area (Å²) in [5.74, 6) is 0.565. The number of aryl methyl sites for hydroxylation is 1. The fourth-order valence-electron chi connectivity index (χ4n) is 3.65. The number of rotatable bonds is 6. The smallest absolute Gasteiger partial charge is 0.265 e. The number of thiazole rings is 1. The van der Waals surface area contributed by atoms with Gasteiger partial charge in [-0.15, -0.1) is 11.3 Å². The summed E-state index contributed by atoms with van der Waals surface area (Å²) in [6.07, 6.45) is 4.14. The summed E-state index contributed by atoms with van der Waals surface area (Å²) >= 11 is 2.83. The van der Waals surface area contributed by atoms with Gasteiger partial charge in [-0.25, -0.2) is 4.98 Å². The Morgan fingerprint density at radius 1 is 1.17 bits per heavy atom. The Balaban J connectivity index is 1.57. The van der Waals surface area contributed by atoms with Crippen molar-refractivity contribution in [1.29, 1.82) is 0 Å². The van der Waals surface area contributed by atoms with E-state index in [4.69, 9.17) is 4.74 Å². The molecule has 2 amide bonds. The molecule has 0 atom stereocenters. The number of thiophene rings is 1. The molecule has 4 rings (SSSR count). The molecule has 1 fully saturated rings. The minimum absolute atomic E-state index is 0.0615. The maximum atomic E-state index is 12.5. The largest absolute Gasteiger partial charge is 0.495 e. The highest BCUT2D eigenvalue weighted by Crippen LogP contribution is 2.37. The Bertz CT molecular complexity index is 1050. The number of amides is 2. The molecule has 1 saturated carbocycles. The van der Waals surface area contributed by atoms with E-state index in [2.05, 4.69) is 15.6 Å². The van der Waals surface area contributed by atoms with Gasteiger partial charge >= 0.3 is 0 Å². The van der Waals surface area contributed by atoms with Crippen LogP contribution in [0.1, 0.15) is 41.0 Å². The summed E-state index contributed by atoms with van der Waals surface area (Å²) in [4.78, 5) is 31.1. The van der Waals surface area contributed by atoms with Crippen molar-refractivity contribution in [2.45, 2.75) is 32.6 Å². The molecular weight excluding hydrogens is 418 g/mol. The molecule has 0 unspecified atom stereocenters. The number of benzene rings is 1. The van der Waals surface area contributed by atoms with Crippen LogP contribution in [-0.2, 0) is 4.79 Å². The maximum Gasteiger partial charge on any atom is 0.265 e. The molecular formula is C22H23N3O3S2. The van der Waals surface area contributed by atoms with E-state index in [1.807, 2.05) is 36.6 Å². The summed E-state index contributed by atoms with van der Waals surface area (Å²) in [5.41, 5.74) is 2.34. The number of methoxy groups -OCH3 is 1. The number of aromatic nitrogens is 1. The quantitative estimate of drug-likeness (QED) is 0.524. The van der Waals surface area contributed by atoms with E-state index in [9.17, 15) is 9.59 Å². The third kappa shape index (κ3) is 4.39. The van der Waals surface area contributed by atoms with Crippen LogP contribution in [0.2, 0.25) is 0 Å². The van der Waals surface area contributed by atoms with Crippen molar-refractivity contribution < 1.29 is 14.3 Å². The van der Waals surface area contributed by atoms with Crippen molar-refractivity contribution in [3.05, 3.63) is 46.3 Å². The fraction of sp³-hybridized carbons (Fsp3) is 0.318. The monoisotopic (exact) mass is 441 g/mol. The molecule has 0 radical (unpaired) electrons. The Morgan fingerprint density at radius 3 is 2.67 bits per heavy atom. The topological polar surface area (TPSA) is 80.3 Å². The van der Waals surface area contributed by atoms with Gasteiger partial charge in [0.25, 0.3) is 5.91 Å². The van der Waals surface area contributed by atoms with Crippen molar-refractivity contribution >= 4 is 45.3 Å². The van der Waals surface area contributed by atoms with Gasteiger partial charge in [0.05, 0.1) is 28.2 Å². The summed E-state index contributed by atoms with van der Waals surface area (Å²) < 4.78 is 5.42. The van der Waals surface area contributed by atoms with Gasteiger partial charge in [-0.1, -0.05) is 30.2 Å². The van der Waals surface area contributed by atoms with Gasteiger partial charge in [0.1, 0.15) is 5.75 Å². The third-order valence-corrected chi connectivity index (χ3v) is 7.20. The molecule has 2 aromatic heterocycles. The SMILES string of the molecule is COc1ccc(-c2sc(NC(=O)C3CCCC3)nc2C)cc1NC(=O)c1cccs1. The molecule has 2 heterocycles. The van der Waals surface area contributed by atoms with Crippen molar-refractivity contribution in [3.8, 4) is 16.2 Å². The first-order valence-electron chi connectivity index (χ1n) is 9.86. The second-order valence-electron chi connectivity index (χ2n) is 7.25. The normalized spacial score (nSPS) is 13.9. The van der Waals surface area contributed by atoms with Crippen LogP contribution in [-0.4, -0.2) is 23.9 Å². The van der Waals surface area contributed by atoms with E-state index in [-0.39, 0.29) is 17.7 Å². The first-order valence-corrected chi connectivity index (χ1v) is 11.6. The number of hydrogen-bond donors (Lipinski definition) is 2. The molecule has 6 nitrogen and oxygen atoms in total. The maximum absolute atomic E-state index is 12.5. The minimum Gasteiger partial charge on any atom is -0.495 e. The molecule has 0 bridgehead atoms. The molecule has 0 saturated heterocycles. The van der Waals surface area contributed by atoms with Crippen molar-refractivity contribution in [1.82, 2.24) is 4.98 Å². The van der Waals surface area contributed by atoms with Crippen LogP contribution in [0.15, 0.2) is 35.7 Å². The zero-order valence-corrected chi connectivity index (χ0v) is 18.5. The summed E-state index contributed by atoms with van der Waals surface area (Å²) in [5, 5.41) is 8.38. The predicted octanol–water partition coefficient (Wildman–Crippen LogP) is 5.57. The lowest BCUT2D eigenvalue weighted by atomic mass is 10.1. The summed E-state index contributed by atoms with van der Waals surface area (Å²) in [6.45, 7) is 1.92. The third-order valence-electron chi connectivity index (χ3n) is 5.21. The van der Waals surface area contributed by atoms with Gasteiger partial charge in [0.2, 0.25) is 5.91 Å². The number of ether oxygens (including phenoxy) is 1. The Labute approximate surface area is 183 Å². The lowest BCUT2D eigenvalue weighted by Gasteiger charge is -2.11. The van der Waals surface area contributed by atoms with Crippen LogP contribution >= 0.6 is 22.7 Å². The molecule has 0 spiro atoms. The summed E-state index contributed by atoms with van der Waals surface area (Å²) in [6, 6.07) is 9.27. The summed E-state index contributed by atoms with van der Waals surface area (Å²) in [7, 11) is 1.57. The molecule has 156 valence electrons. The Morgan fingerprint density at radius 2 is 1.97 bits per heavy atom. The fourth-order valence-corrected chi connectivity index (χ4v) is 5.24. The highest BCUT2D eigenvalue weighted by molar-refractivity contribution is 7.19. The average Bonchev–Trinajstić information content (AvgIpc) is 3.50. The first kappa shape index (κ1) is 20.6. The highest BCUT2D eigenvalue weighted by Gasteiger charge is 2.24. The van der Waals surface area contributed by atoms with Crippen molar-refractivity contribution in [3.63, 3.8) is 0 Å². The Hall–Kier alpha value is -2.71. The van der Waals surface area contributed by atoms with E-state index in [0.29, 0.717) is 21.4 Å². The van der Waals surface area contributed by atoms with E-state index in [1.54, 1.807) is 13.2 Å². The predicted molar refractivity (Wildman–Crippen MR) is 122 cm³/mol. The van der Waals surface area contributed by atoms with Gasteiger partial charge < -0.3 is 15.4 Å². The molecule has 1 aromatic carbocycles. The minimum atomic E-state index is -0.175. The molecule has 1 aliphatic carbocycles. The average molecular weight is 442 g/mol. The highest BCUT2D eigenvalue weighted by atomic mass is 32.1. The number of nitrogens with one attached hydrogen (secondary N) is 2. The standard InChI is InChI=1S/C22H23N3O3S2/c1-13-19(30-22(23-13)25-20(26)14-6-3-4-7-14)15-9-10-17(28-2)16(12-15)24-21(27)18-8-5-11-29-18/h5,8-12,14H,3-4,6-7H2,1-2H3,(H,24,27)(H,23,25,26). The van der Waals surface area contributed by atoms with E-state index >= 15 is 0 Å². The number of anilines is 2. The lowest BCUT2D eigenvalue weighted by molar-refractivity contribution is -0.119. The molecule has 8 heteroatoms. The second kappa shape index (κ2) is 8.97. The molecule has 2 N–H and O–H groups in total. The van der Waals surface area contributed by atoms with E-state index in [0.717, 1.165) is 41.8 Å². The van der Waals surface area contributed by atoms with Crippen LogP contribution in [0.3, 0.4) is 0 Å². The van der Waals surface area contributed by atoms with Crippen LogP contribution in [0.4, 0.5) is 10.8 Å². The van der Waals surface area contributed by atoms with E-state index in [1.165, 1.54) is 22.7 Å². The van der Waals surface area contributed by atoms with Crippen LogP contribution in [0, 0.1) is 12.8 Å². The molecule has 0 aliphatic heterocycles. The number of carbonyl (C=O) groups excluding carboxylic acids is 2. The van der Waals surface area contributed by atoms with Gasteiger partial charge in [-0.05, 0) is 55.0 Å². The van der Waals surface area contributed by atoms with Crippen LogP contribution < -0.4 is 15.4 Å². The van der Waals surface area contributed by atoms with Gasteiger partial charge in [0, 0.05) is 5.92 Å².